The summed E-state index contributed by atoms with van der Waals surface area (Å²) in [5.74, 6) is -5.02. The first kappa shape index (κ1) is 31.4. The molecule has 1 atom stereocenters. The van der Waals surface area contributed by atoms with Gasteiger partial charge in [0, 0.05) is 43.7 Å². The van der Waals surface area contributed by atoms with Crippen molar-refractivity contribution in [1.29, 1.82) is 0 Å². The molecule has 1 saturated heterocycles. The number of ether oxygens (including phenoxy) is 1. The first-order valence-corrected chi connectivity index (χ1v) is 13.2. The van der Waals surface area contributed by atoms with E-state index in [1.54, 1.807) is 0 Å². The topological polar surface area (TPSA) is 175 Å². The maximum absolute atomic E-state index is 10.3. The summed E-state index contributed by atoms with van der Waals surface area (Å²) in [4.78, 5) is 37.4. The Hall–Kier alpha value is -4.13. The maximum atomic E-state index is 10.3. The fourth-order valence-electron chi connectivity index (χ4n) is 4.49. The molecule has 2 aromatic heterocycles. The number of pyridine rings is 1. The van der Waals surface area contributed by atoms with Crippen molar-refractivity contribution >= 4 is 17.9 Å². The smallest absolute Gasteiger partial charge is 0.336 e. The Morgan fingerprint density at radius 1 is 1.02 bits per heavy atom. The number of rotatable bonds is 13. The van der Waals surface area contributed by atoms with Crippen LogP contribution < -0.4 is 0 Å². The molecule has 0 spiro atoms. The zero-order valence-corrected chi connectivity index (χ0v) is 22.9. The molecule has 0 radical (unpaired) electrons. The highest BCUT2D eigenvalue weighted by molar-refractivity contribution is 5.88. The lowest BCUT2D eigenvalue weighted by atomic mass is 9.96. The number of nitrogens with zero attached hydrogens (tertiary/aromatic N) is 4. The van der Waals surface area contributed by atoms with Gasteiger partial charge in [-0.1, -0.05) is 36.4 Å². The standard InChI is InChI=1S/C23H28N4O.C6H8O7/c1-19-21(14-25-27(19)15-20-8-3-2-4-9-20)16-26(18-23-11-7-13-28-23)17-22-10-5-6-12-24-22;7-3(8)1-6(13,5(11)12)2-4(9)10/h2-6,8-10,12,14,23H,7,11,13,15-18H2,1H3;13H,1-2H2,(H,7,8)(H,9,10)(H,11,12). The number of hydrogen-bond donors (Lipinski definition) is 4. The molecule has 220 valence electrons. The fourth-order valence-corrected chi connectivity index (χ4v) is 4.49. The van der Waals surface area contributed by atoms with Gasteiger partial charge in [-0.25, -0.2) is 4.79 Å². The van der Waals surface area contributed by atoms with Crippen LogP contribution in [0.25, 0.3) is 0 Å². The summed E-state index contributed by atoms with van der Waals surface area (Å²) in [7, 11) is 0. The highest BCUT2D eigenvalue weighted by Gasteiger charge is 2.40. The van der Waals surface area contributed by atoms with E-state index in [1.807, 2.05) is 24.5 Å². The molecule has 1 fully saturated rings. The summed E-state index contributed by atoms with van der Waals surface area (Å²) in [6.45, 7) is 6.46. The van der Waals surface area contributed by atoms with Gasteiger partial charge in [0.15, 0.2) is 5.60 Å². The lowest BCUT2D eigenvalue weighted by Gasteiger charge is -2.25. The molecule has 1 aliphatic heterocycles. The van der Waals surface area contributed by atoms with E-state index in [1.165, 1.54) is 16.8 Å². The van der Waals surface area contributed by atoms with Crippen molar-refractivity contribution in [2.24, 2.45) is 0 Å². The van der Waals surface area contributed by atoms with E-state index in [0.29, 0.717) is 6.10 Å². The molecule has 4 rings (SSSR count). The van der Waals surface area contributed by atoms with Crippen LogP contribution in [0.3, 0.4) is 0 Å². The van der Waals surface area contributed by atoms with E-state index < -0.39 is 36.4 Å². The van der Waals surface area contributed by atoms with Crippen LogP contribution in [-0.4, -0.2) is 82.9 Å². The molecule has 12 nitrogen and oxygen atoms in total. The lowest BCUT2D eigenvalue weighted by molar-refractivity contribution is -0.170. The molecule has 41 heavy (non-hydrogen) atoms. The van der Waals surface area contributed by atoms with Crippen LogP contribution in [0.15, 0.2) is 60.9 Å². The van der Waals surface area contributed by atoms with Crippen LogP contribution in [0.5, 0.6) is 0 Å². The second kappa shape index (κ2) is 15.0. The van der Waals surface area contributed by atoms with Gasteiger partial charge in [-0.05, 0) is 37.5 Å². The minimum absolute atomic E-state index is 0.323. The van der Waals surface area contributed by atoms with Crippen molar-refractivity contribution < 1.29 is 39.5 Å². The zero-order valence-electron chi connectivity index (χ0n) is 22.9. The summed E-state index contributed by atoms with van der Waals surface area (Å²) in [6.07, 6.45) is 4.22. The molecule has 1 aromatic carbocycles. The highest BCUT2D eigenvalue weighted by atomic mass is 16.5. The minimum Gasteiger partial charge on any atom is -0.481 e. The third-order valence-electron chi connectivity index (χ3n) is 6.66. The number of carbonyl (C=O) groups is 3. The fraction of sp³-hybridized carbons (Fsp3) is 0.414. The Bertz CT molecular complexity index is 1260. The van der Waals surface area contributed by atoms with Crippen molar-refractivity contribution in [1.82, 2.24) is 19.7 Å². The largest absolute Gasteiger partial charge is 0.481 e. The molecule has 3 heterocycles. The van der Waals surface area contributed by atoms with Crippen LogP contribution in [0.1, 0.15) is 48.2 Å². The number of carboxylic acids is 3. The third kappa shape index (κ3) is 10.1. The van der Waals surface area contributed by atoms with Gasteiger partial charge < -0.3 is 25.2 Å². The van der Waals surface area contributed by atoms with Crippen LogP contribution in [-0.2, 0) is 38.8 Å². The molecule has 1 aliphatic rings. The predicted molar refractivity (Wildman–Crippen MR) is 147 cm³/mol. The average Bonchev–Trinajstić information content (AvgIpc) is 3.55. The van der Waals surface area contributed by atoms with Gasteiger partial charge in [0.2, 0.25) is 0 Å². The van der Waals surface area contributed by atoms with Crippen LogP contribution in [0.4, 0.5) is 0 Å². The summed E-state index contributed by atoms with van der Waals surface area (Å²) >= 11 is 0. The number of hydrogen-bond acceptors (Lipinski definition) is 8. The molecular formula is C29H36N4O8. The molecule has 4 N–H and O–H groups in total. The van der Waals surface area contributed by atoms with Gasteiger partial charge in [-0.2, -0.15) is 5.10 Å². The van der Waals surface area contributed by atoms with Crippen LogP contribution in [0, 0.1) is 6.92 Å². The molecule has 0 aliphatic carbocycles. The van der Waals surface area contributed by atoms with Gasteiger partial charge in [0.05, 0.1) is 37.4 Å². The first-order valence-electron chi connectivity index (χ1n) is 13.2. The second-order valence-corrected chi connectivity index (χ2v) is 10.0. The van der Waals surface area contributed by atoms with Gasteiger partial charge in [-0.3, -0.25) is 24.2 Å². The second-order valence-electron chi connectivity index (χ2n) is 10.0. The quantitative estimate of drug-likeness (QED) is 0.238. The van der Waals surface area contributed by atoms with Gasteiger partial charge in [0.25, 0.3) is 0 Å². The Labute approximate surface area is 237 Å². The average molecular weight is 569 g/mol. The van der Waals surface area contributed by atoms with Gasteiger partial charge in [0.1, 0.15) is 0 Å². The van der Waals surface area contributed by atoms with Crippen molar-refractivity contribution in [3.63, 3.8) is 0 Å². The molecule has 3 aromatic rings. The molecule has 1 unspecified atom stereocenters. The van der Waals surface area contributed by atoms with Crippen molar-refractivity contribution in [2.75, 3.05) is 13.2 Å². The predicted octanol–water partition coefficient (Wildman–Crippen LogP) is 2.57. The van der Waals surface area contributed by atoms with E-state index in [-0.39, 0.29) is 0 Å². The highest BCUT2D eigenvalue weighted by Crippen LogP contribution is 2.19. The summed E-state index contributed by atoms with van der Waals surface area (Å²) in [6, 6.07) is 16.6. The van der Waals surface area contributed by atoms with Crippen molar-refractivity contribution in [2.45, 2.75) is 63.9 Å². The number of aromatic nitrogens is 3. The Morgan fingerprint density at radius 2 is 1.71 bits per heavy atom. The van der Waals surface area contributed by atoms with Crippen LogP contribution in [0.2, 0.25) is 0 Å². The van der Waals surface area contributed by atoms with E-state index in [0.717, 1.165) is 51.3 Å². The molecular weight excluding hydrogens is 532 g/mol. The SMILES string of the molecule is Cc1c(CN(Cc2ccccn2)CC2CCCO2)cnn1Cc1ccccc1.O=C(O)CC(O)(CC(=O)O)C(=O)O. The van der Waals surface area contributed by atoms with Gasteiger partial charge in [-0.15, -0.1) is 0 Å². The van der Waals surface area contributed by atoms with Crippen LogP contribution >= 0.6 is 0 Å². The molecule has 0 amide bonds. The zero-order chi connectivity index (χ0) is 29.8. The molecule has 12 heteroatoms. The van der Waals surface area contributed by atoms with Crippen molar-refractivity contribution in [3.8, 4) is 0 Å². The Kier molecular flexibility index (Phi) is 11.5. The summed E-state index contributed by atoms with van der Waals surface area (Å²) in [5, 5.41) is 38.5. The van der Waals surface area contributed by atoms with E-state index >= 15 is 0 Å². The summed E-state index contributed by atoms with van der Waals surface area (Å²) < 4.78 is 7.98. The van der Waals surface area contributed by atoms with E-state index in [2.05, 4.69) is 63.0 Å². The molecule has 0 saturated carbocycles. The number of aliphatic carboxylic acids is 3. The van der Waals surface area contributed by atoms with E-state index in [9.17, 15) is 14.4 Å². The number of benzene rings is 1. The monoisotopic (exact) mass is 568 g/mol. The Morgan fingerprint density at radius 3 is 2.27 bits per heavy atom. The third-order valence-corrected chi connectivity index (χ3v) is 6.66. The maximum Gasteiger partial charge on any atom is 0.336 e. The normalized spacial score (nSPS) is 14.9. The minimum atomic E-state index is -2.74. The number of aliphatic hydroxyl groups is 1. The summed E-state index contributed by atoms with van der Waals surface area (Å²) in [5.41, 5.74) is 2.12. The lowest BCUT2D eigenvalue weighted by Crippen LogP contribution is -2.42. The van der Waals surface area contributed by atoms with Crippen molar-refractivity contribution in [3.05, 3.63) is 83.4 Å². The Balaban J connectivity index is 0.000000302. The number of carboxylic acid groups (broad SMARTS) is 3. The molecule has 0 bridgehead atoms. The van der Waals surface area contributed by atoms with Gasteiger partial charge >= 0.3 is 17.9 Å². The van der Waals surface area contributed by atoms with E-state index in [4.69, 9.17) is 25.2 Å². The first-order chi connectivity index (χ1) is 19.6.